The van der Waals surface area contributed by atoms with Crippen molar-refractivity contribution in [3.05, 3.63) is 94.6 Å². The van der Waals surface area contributed by atoms with Gasteiger partial charge >= 0.3 is 6.18 Å². The Morgan fingerprint density at radius 1 is 0.935 bits per heavy atom. The normalized spacial score (nSPS) is 11.5. The average Bonchev–Trinajstić information content (AvgIpc) is 2.77. The second-order valence-electron chi connectivity index (χ2n) is 6.98. The Kier molecular flexibility index (Phi) is 6.44. The number of benzene rings is 3. The molecular formula is C26H21F3O2. The molecule has 0 aliphatic carbocycles. The van der Waals surface area contributed by atoms with Gasteiger partial charge in [-0.3, -0.25) is 4.79 Å². The van der Waals surface area contributed by atoms with Gasteiger partial charge < -0.3 is 4.74 Å². The van der Waals surface area contributed by atoms with E-state index in [0.717, 1.165) is 33.9 Å². The summed E-state index contributed by atoms with van der Waals surface area (Å²) in [6.45, 7) is 5.68. The third-order valence-corrected chi connectivity index (χ3v) is 5.10. The van der Waals surface area contributed by atoms with E-state index in [4.69, 9.17) is 4.74 Å². The van der Waals surface area contributed by atoms with Crippen LogP contribution in [-0.2, 0) is 6.18 Å². The molecule has 0 atom stereocenters. The minimum absolute atomic E-state index is 0.0566. The molecule has 0 unspecified atom stereocenters. The maximum absolute atomic E-state index is 13.4. The Labute approximate surface area is 179 Å². The van der Waals surface area contributed by atoms with E-state index in [9.17, 15) is 18.0 Å². The predicted molar refractivity (Wildman–Crippen MR) is 119 cm³/mol. The number of alkyl halides is 3. The van der Waals surface area contributed by atoms with Gasteiger partial charge in [-0.15, -0.1) is 0 Å². The largest absolute Gasteiger partial charge is 0.496 e. The van der Waals surface area contributed by atoms with Crippen molar-refractivity contribution in [2.75, 3.05) is 7.11 Å². The molecule has 0 radical (unpaired) electrons. The fraction of sp³-hybridized carbons (Fsp3) is 0.115. The number of ether oxygens (including phenoxy) is 1. The van der Waals surface area contributed by atoms with E-state index in [-0.39, 0.29) is 11.1 Å². The van der Waals surface area contributed by atoms with E-state index in [1.807, 2.05) is 43.3 Å². The van der Waals surface area contributed by atoms with Crippen molar-refractivity contribution in [1.29, 1.82) is 0 Å². The first kappa shape index (κ1) is 22.1. The summed E-state index contributed by atoms with van der Waals surface area (Å²) < 4.78 is 45.5. The van der Waals surface area contributed by atoms with Crippen molar-refractivity contribution in [2.45, 2.75) is 13.1 Å². The highest BCUT2D eigenvalue weighted by atomic mass is 19.4. The summed E-state index contributed by atoms with van der Waals surface area (Å²) >= 11 is 0. The fourth-order valence-corrected chi connectivity index (χ4v) is 3.42. The van der Waals surface area contributed by atoms with E-state index in [2.05, 4.69) is 6.58 Å². The van der Waals surface area contributed by atoms with Crippen molar-refractivity contribution in [3.63, 3.8) is 0 Å². The smallest absolute Gasteiger partial charge is 0.416 e. The molecule has 0 N–H and O–H groups in total. The summed E-state index contributed by atoms with van der Waals surface area (Å²) in [5.74, 6) is 0.688. The molecule has 0 heterocycles. The van der Waals surface area contributed by atoms with Crippen LogP contribution in [0.2, 0.25) is 0 Å². The maximum Gasteiger partial charge on any atom is 0.416 e. The van der Waals surface area contributed by atoms with Crippen LogP contribution in [0.4, 0.5) is 13.2 Å². The molecule has 0 aliphatic rings. The highest BCUT2D eigenvalue weighted by Crippen LogP contribution is 2.34. The topological polar surface area (TPSA) is 26.3 Å². The Balaban J connectivity index is 2.05. The number of hydrogen-bond acceptors (Lipinski definition) is 2. The second-order valence-corrected chi connectivity index (χ2v) is 6.98. The Bertz CT molecular complexity index is 1160. The summed E-state index contributed by atoms with van der Waals surface area (Å²) in [5.41, 5.74) is 3.76. The molecule has 3 rings (SSSR count). The van der Waals surface area contributed by atoms with Gasteiger partial charge in [0.1, 0.15) is 12.0 Å². The van der Waals surface area contributed by atoms with Gasteiger partial charge in [0.05, 0.1) is 12.7 Å². The maximum atomic E-state index is 13.4. The lowest BCUT2D eigenvalue weighted by molar-refractivity contribution is -0.137. The van der Waals surface area contributed by atoms with Crippen molar-refractivity contribution >= 4 is 24.5 Å². The number of aldehydes is 1. The minimum atomic E-state index is -4.51. The van der Waals surface area contributed by atoms with Crippen LogP contribution in [-0.4, -0.2) is 13.4 Å². The van der Waals surface area contributed by atoms with E-state index in [1.165, 1.54) is 18.2 Å². The van der Waals surface area contributed by atoms with Crippen molar-refractivity contribution in [1.82, 2.24) is 0 Å². The van der Waals surface area contributed by atoms with Crippen LogP contribution in [0.5, 0.6) is 5.75 Å². The van der Waals surface area contributed by atoms with Gasteiger partial charge in [-0.2, -0.15) is 13.2 Å². The Morgan fingerprint density at radius 2 is 1.68 bits per heavy atom. The van der Waals surface area contributed by atoms with Crippen LogP contribution < -0.4 is 4.74 Å². The molecular weight excluding hydrogens is 401 g/mol. The number of rotatable bonds is 6. The first-order valence-corrected chi connectivity index (χ1v) is 9.53. The number of carbonyl (C=O) groups excluding carboxylic acids is 1. The molecule has 0 aliphatic heterocycles. The SMILES string of the molecule is C=Cc1ccc(-c2cccc(/C=C/c3cc(C=O)ccc3C(F)(F)F)c2C)cc1OC. The van der Waals surface area contributed by atoms with Gasteiger partial charge in [-0.05, 0) is 52.9 Å². The van der Waals surface area contributed by atoms with Crippen LogP contribution in [0.15, 0.2) is 61.2 Å². The standard InChI is InChI=1S/C26H21F3O2/c1-4-19-9-11-21(15-25(19)31-3)23-7-5-6-20(17(23)2)10-12-22-14-18(16-30)8-13-24(22)26(27,28)29/h4-16H,1H2,2-3H3/b12-10+. The van der Waals surface area contributed by atoms with Gasteiger partial charge in [0.15, 0.2) is 0 Å². The quantitative estimate of drug-likeness (QED) is 0.307. The fourth-order valence-electron chi connectivity index (χ4n) is 3.42. The summed E-state index contributed by atoms with van der Waals surface area (Å²) in [4.78, 5) is 11.0. The lowest BCUT2D eigenvalue weighted by atomic mass is 9.94. The Hall–Kier alpha value is -3.60. The molecule has 31 heavy (non-hydrogen) atoms. The second kappa shape index (κ2) is 9.04. The van der Waals surface area contributed by atoms with Crippen LogP contribution in [0.1, 0.15) is 38.2 Å². The first-order valence-electron chi connectivity index (χ1n) is 9.53. The highest BCUT2D eigenvalue weighted by molar-refractivity contribution is 5.82. The molecule has 2 nitrogen and oxygen atoms in total. The lowest BCUT2D eigenvalue weighted by Gasteiger charge is -2.13. The summed E-state index contributed by atoms with van der Waals surface area (Å²) in [5, 5.41) is 0. The minimum Gasteiger partial charge on any atom is -0.496 e. The molecule has 0 saturated carbocycles. The first-order chi connectivity index (χ1) is 14.8. The van der Waals surface area contributed by atoms with E-state index in [0.29, 0.717) is 12.0 Å². The molecule has 5 heteroatoms. The van der Waals surface area contributed by atoms with E-state index in [1.54, 1.807) is 19.3 Å². The van der Waals surface area contributed by atoms with Crippen LogP contribution in [0, 0.1) is 6.92 Å². The molecule has 3 aromatic carbocycles. The average molecular weight is 422 g/mol. The van der Waals surface area contributed by atoms with Crippen molar-refractivity contribution in [2.24, 2.45) is 0 Å². The zero-order valence-electron chi connectivity index (χ0n) is 17.2. The van der Waals surface area contributed by atoms with Crippen molar-refractivity contribution in [3.8, 4) is 16.9 Å². The van der Waals surface area contributed by atoms with Gasteiger partial charge in [-0.1, -0.05) is 61.2 Å². The van der Waals surface area contributed by atoms with E-state index >= 15 is 0 Å². The molecule has 0 amide bonds. The van der Waals surface area contributed by atoms with Crippen molar-refractivity contribution < 1.29 is 22.7 Å². The molecule has 158 valence electrons. The van der Waals surface area contributed by atoms with Crippen LogP contribution in [0.25, 0.3) is 29.4 Å². The third kappa shape index (κ3) is 4.77. The molecule has 0 bridgehead atoms. The number of hydrogen-bond donors (Lipinski definition) is 0. The van der Waals surface area contributed by atoms with E-state index < -0.39 is 11.7 Å². The van der Waals surface area contributed by atoms with Crippen LogP contribution in [0.3, 0.4) is 0 Å². The number of methoxy groups -OCH3 is 1. The Morgan fingerprint density at radius 3 is 2.32 bits per heavy atom. The third-order valence-electron chi connectivity index (χ3n) is 5.10. The van der Waals surface area contributed by atoms with Gasteiger partial charge in [0.2, 0.25) is 0 Å². The summed E-state index contributed by atoms with van der Waals surface area (Å²) in [6, 6.07) is 14.7. The number of carbonyl (C=O) groups is 1. The molecule has 0 aromatic heterocycles. The molecule has 0 spiro atoms. The van der Waals surface area contributed by atoms with Crippen LogP contribution >= 0.6 is 0 Å². The lowest BCUT2D eigenvalue weighted by Crippen LogP contribution is -2.07. The van der Waals surface area contributed by atoms with Gasteiger partial charge in [-0.25, -0.2) is 0 Å². The number of halogens is 3. The van der Waals surface area contributed by atoms with Gasteiger partial charge in [0, 0.05) is 11.1 Å². The zero-order chi connectivity index (χ0) is 22.6. The van der Waals surface area contributed by atoms with Gasteiger partial charge in [0.25, 0.3) is 0 Å². The summed E-state index contributed by atoms with van der Waals surface area (Å²) in [7, 11) is 1.59. The summed E-state index contributed by atoms with van der Waals surface area (Å²) in [6.07, 6.45) is 0.752. The molecule has 0 fully saturated rings. The predicted octanol–water partition coefficient (Wildman–Crippen LogP) is 7.32. The monoisotopic (exact) mass is 422 g/mol. The highest BCUT2D eigenvalue weighted by Gasteiger charge is 2.32. The molecule has 3 aromatic rings. The molecule has 0 saturated heterocycles. The zero-order valence-corrected chi connectivity index (χ0v) is 17.2.